The first-order valence-electron chi connectivity index (χ1n) is 9.64. The number of amides is 3. The van der Waals surface area contributed by atoms with Crippen molar-refractivity contribution in [3.63, 3.8) is 0 Å². The van der Waals surface area contributed by atoms with Gasteiger partial charge in [-0.3, -0.25) is 19.4 Å². The number of carbonyl (C=O) groups is 3. The zero-order valence-electron chi connectivity index (χ0n) is 16.0. The Bertz CT molecular complexity index is 1120. The van der Waals surface area contributed by atoms with Gasteiger partial charge in [-0.2, -0.15) is 5.10 Å². The Morgan fingerprint density at radius 2 is 1.68 bits per heavy atom. The number of hydrazone groups is 1. The molecule has 9 heteroatoms. The van der Waals surface area contributed by atoms with E-state index >= 15 is 0 Å². The van der Waals surface area contributed by atoms with E-state index in [1.807, 2.05) is 0 Å². The number of hydrogen-bond donors (Lipinski definition) is 1. The lowest BCUT2D eigenvalue weighted by atomic mass is 9.88. The Balaban J connectivity index is 1.50. The first-order valence-corrected chi connectivity index (χ1v) is 10.0. The Hall–Kier alpha value is -3.52. The fourth-order valence-electron chi connectivity index (χ4n) is 4.43. The van der Waals surface area contributed by atoms with Crippen LogP contribution in [0.15, 0.2) is 65.8 Å². The fourth-order valence-corrected chi connectivity index (χ4v) is 4.56. The molecule has 0 saturated carbocycles. The van der Waals surface area contributed by atoms with Crippen molar-refractivity contribution in [2.24, 2.45) is 16.9 Å². The molecular weight excluding hydrogens is 423 g/mol. The summed E-state index contributed by atoms with van der Waals surface area (Å²) in [6.07, 6.45) is 4.97. The van der Waals surface area contributed by atoms with Crippen molar-refractivity contribution in [3.8, 4) is 0 Å². The number of carbonyl (C=O) groups excluding carboxylic acids is 3. The summed E-state index contributed by atoms with van der Waals surface area (Å²) < 4.78 is 13.3. The van der Waals surface area contributed by atoms with Gasteiger partial charge in [0, 0.05) is 16.9 Å². The molecule has 0 spiro atoms. The minimum atomic E-state index is -0.978. The van der Waals surface area contributed by atoms with Crippen molar-refractivity contribution in [2.45, 2.75) is 12.1 Å². The van der Waals surface area contributed by atoms with Crippen molar-refractivity contribution in [2.75, 3.05) is 10.2 Å². The third-order valence-corrected chi connectivity index (χ3v) is 6.01. The number of benzene rings is 2. The molecule has 3 amide bonds. The summed E-state index contributed by atoms with van der Waals surface area (Å²) in [4.78, 5) is 40.9. The van der Waals surface area contributed by atoms with E-state index < -0.39 is 47.5 Å². The molecule has 31 heavy (non-hydrogen) atoms. The smallest absolute Gasteiger partial charge is 0.249 e. The topological polar surface area (TPSA) is 82.1 Å². The normalized spacial score (nSPS) is 26.3. The van der Waals surface area contributed by atoms with Crippen molar-refractivity contribution in [3.05, 3.63) is 71.5 Å². The van der Waals surface area contributed by atoms with E-state index in [9.17, 15) is 18.8 Å². The van der Waals surface area contributed by atoms with Crippen LogP contribution in [0.1, 0.15) is 0 Å². The van der Waals surface area contributed by atoms with E-state index in [0.717, 1.165) is 4.90 Å². The second-order valence-corrected chi connectivity index (χ2v) is 7.94. The molecule has 4 atom stereocenters. The lowest BCUT2D eigenvalue weighted by Gasteiger charge is -2.30. The molecule has 7 nitrogen and oxygen atoms in total. The second-order valence-electron chi connectivity index (χ2n) is 7.50. The zero-order chi connectivity index (χ0) is 21.7. The summed E-state index contributed by atoms with van der Waals surface area (Å²) in [6.45, 7) is 0. The van der Waals surface area contributed by atoms with Crippen molar-refractivity contribution in [1.82, 2.24) is 5.01 Å². The van der Waals surface area contributed by atoms with Crippen LogP contribution in [0.4, 0.5) is 15.8 Å². The number of nitrogens with zero attached hydrogens (tertiary/aromatic N) is 3. The van der Waals surface area contributed by atoms with E-state index in [0.29, 0.717) is 10.7 Å². The minimum Gasteiger partial charge on any atom is -0.324 e. The fraction of sp³-hybridized carbons (Fsp3) is 0.182. The number of allylic oxidation sites excluding steroid dienone is 1. The SMILES string of the molecule is O=C(Nc1ccc(Cl)cc1)[C@H]1[C@H]2C(=O)N(c3ccc(F)cc3)C(=O)[C@H]2[C@@H]2C=CC=NN21. The number of anilines is 2. The number of rotatable bonds is 3. The average Bonchev–Trinajstić information content (AvgIpc) is 3.24. The van der Waals surface area contributed by atoms with Crippen LogP contribution in [0.25, 0.3) is 0 Å². The maximum Gasteiger partial charge on any atom is 0.249 e. The minimum absolute atomic E-state index is 0.275. The molecule has 3 aliphatic rings. The van der Waals surface area contributed by atoms with E-state index in [2.05, 4.69) is 10.4 Å². The van der Waals surface area contributed by atoms with Crippen LogP contribution in [0, 0.1) is 17.7 Å². The molecule has 0 bridgehead atoms. The molecule has 156 valence electrons. The largest absolute Gasteiger partial charge is 0.324 e. The highest BCUT2D eigenvalue weighted by molar-refractivity contribution is 6.30. The van der Waals surface area contributed by atoms with Gasteiger partial charge in [0.15, 0.2) is 0 Å². The van der Waals surface area contributed by atoms with Gasteiger partial charge < -0.3 is 5.32 Å². The van der Waals surface area contributed by atoms with Crippen LogP contribution in [-0.4, -0.2) is 41.0 Å². The predicted octanol–water partition coefficient (Wildman–Crippen LogP) is 2.83. The Morgan fingerprint density at radius 1 is 1.00 bits per heavy atom. The van der Waals surface area contributed by atoms with E-state index in [1.54, 1.807) is 36.4 Å². The molecule has 0 unspecified atom stereocenters. The summed E-state index contributed by atoms with van der Waals surface area (Å²) in [6, 6.07) is 10.2. The lowest BCUT2D eigenvalue weighted by Crippen LogP contribution is -2.47. The summed E-state index contributed by atoms with van der Waals surface area (Å²) in [5.74, 6) is -3.55. The molecule has 0 radical (unpaired) electrons. The first-order chi connectivity index (χ1) is 15.0. The third-order valence-electron chi connectivity index (χ3n) is 5.76. The van der Waals surface area contributed by atoms with Gasteiger partial charge in [0.1, 0.15) is 11.9 Å². The maximum atomic E-state index is 13.3. The van der Waals surface area contributed by atoms with Gasteiger partial charge in [0.05, 0.1) is 23.6 Å². The van der Waals surface area contributed by atoms with Crippen LogP contribution in [-0.2, 0) is 14.4 Å². The molecular formula is C22H16ClFN4O3. The first kappa shape index (κ1) is 19.4. The van der Waals surface area contributed by atoms with Gasteiger partial charge >= 0.3 is 0 Å². The number of hydrogen-bond acceptors (Lipinski definition) is 5. The number of fused-ring (bicyclic) bond motifs is 3. The molecule has 5 rings (SSSR count). The molecule has 2 aromatic rings. The zero-order valence-corrected chi connectivity index (χ0v) is 16.7. The van der Waals surface area contributed by atoms with Crippen LogP contribution in [0.2, 0.25) is 5.02 Å². The van der Waals surface area contributed by atoms with Crippen LogP contribution < -0.4 is 10.2 Å². The quantitative estimate of drug-likeness (QED) is 0.747. The molecule has 2 saturated heterocycles. The van der Waals surface area contributed by atoms with Gasteiger partial charge in [0.2, 0.25) is 17.7 Å². The van der Waals surface area contributed by atoms with Crippen molar-refractivity contribution >= 4 is 46.9 Å². The van der Waals surface area contributed by atoms with Gasteiger partial charge in [-0.1, -0.05) is 17.7 Å². The Kier molecular flexibility index (Phi) is 4.59. The molecule has 3 heterocycles. The highest BCUT2D eigenvalue weighted by atomic mass is 35.5. The van der Waals surface area contributed by atoms with E-state index in [4.69, 9.17) is 11.6 Å². The molecule has 2 aromatic carbocycles. The predicted molar refractivity (Wildman–Crippen MR) is 113 cm³/mol. The van der Waals surface area contributed by atoms with Gasteiger partial charge in [0.25, 0.3) is 0 Å². The Morgan fingerprint density at radius 3 is 2.39 bits per heavy atom. The summed E-state index contributed by atoms with van der Waals surface area (Å²) in [7, 11) is 0. The van der Waals surface area contributed by atoms with Crippen molar-refractivity contribution < 1.29 is 18.8 Å². The summed E-state index contributed by atoms with van der Waals surface area (Å²) in [5, 5.41) is 9.10. The van der Waals surface area contributed by atoms with Crippen molar-refractivity contribution in [1.29, 1.82) is 0 Å². The van der Waals surface area contributed by atoms with Crippen LogP contribution in [0.3, 0.4) is 0 Å². The number of halogens is 2. The molecule has 1 N–H and O–H groups in total. The summed E-state index contributed by atoms with van der Waals surface area (Å²) >= 11 is 5.90. The second kappa shape index (κ2) is 7.31. The number of nitrogens with one attached hydrogen (secondary N) is 1. The third kappa shape index (κ3) is 3.11. The molecule has 0 aromatic heterocycles. The van der Waals surface area contributed by atoms with E-state index in [-0.39, 0.29) is 5.69 Å². The summed E-state index contributed by atoms with van der Waals surface area (Å²) in [5.41, 5.74) is 0.788. The maximum absolute atomic E-state index is 13.3. The number of imide groups is 1. The molecule has 0 aliphatic carbocycles. The highest BCUT2D eigenvalue weighted by Crippen LogP contribution is 2.45. The standard InChI is InChI=1S/C22H16ClFN4O3/c23-12-3-7-14(8-4-12)26-20(29)19-18-17(16-2-1-11-25-28(16)19)21(30)27(22(18)31)15-9-5-13(24)6-10-15/h1-11,16-19H,(H,26,29)/t16-,17-,18-,19+/m0/s1. The van der Waals surface area contributed by atoms with E-state index in [1.165, 1.54) is 35.5 Å². The van der Waals surface area contributed by atoms with Gasteiger partial charge in [-0.15, -0.1) is 0 Å². The average molecular weight is 439 g/mol. The van der Waals surface area contributed by atoms with Crippen LogP contribution >= 0.6 is 11.6 Å². The Labute approximate surface area is 181 Å². The van der Waals surface area contributed by atoms with Crippen LogP contribution in [0.5, 0.6) is 0 Å². The molecule has 3 aliphatic heterocycles. The van der Waals surface area contributed by atoms with Gasteiger partial charge in [-0.05, 0) is 54.6 Å². The van der Waals surface area contributed by atoms with Gasteiger partial charge in [-0.25, -0.2) is 9.29 Å². The molecule has 2 fully saturated rings. The highest BCUT2D eigenvalue weighted by Gasteiger charge is 2.64. The lowest BCUT2D eigenvalue weighted by molar-refractivity contribution is -0.129. The monoisotopic (exact) mass is 438 g/mol.